The van der Waals surface area contributed by atoms with Gasteiger partial charge in [0.05, 0.1) is 0 Å². The molecule has 2 aromatic heterocycles. The van der Waals surface area contributed by atoms with Gasteiger partial charge in [0.25, 0.3) is 0 Å². The molecule has 1 N–H and O–H groups in total. The van der Waals surface area contributed by atoms with Gasteiger partial charge in [-0.15, -0.1) is 10.2 Å². The van der Waals surface area contributed by atoms with Crippen LogP contribution in [0.2, 0.25) is 0 Å². The summed E-state index contributed by atoms with van der Waals surface area (Å²) in [5.74, 6) is 0.343. The van der Waals surface area contributed by atoms with Crippen LogP contribution in [0.25, 0.3) is 0 Å². The van der Waals surface area contributed by atoms with Gasteiger partial charge in [0.15, 0.2) is 5.82 Å². The third-order valence-corrected chi connectivity index (χ3v) is 2.62. The number of halogens is 3. The molecule has 2 rings (SSSR count). The molecule has 0 saturated heterocycles. The van der Waals surface area contributed by atoms with Crippen LogP contribution in [0.3, 0.4) is 0 Å². The van der Waals surface area contributed by atoms with Gasteiger partial charge in [-0.3, -0.25) is 0 Å². The van der Waals surface area contributed by atoms with Crippen LogP contribution in [-0.4, -0.2) is 44.2 Å². The molecule has 20 heavy (non-hydrogen) atoms. The highest BCUT2D eigenvalue weighted by molar-refractivity contribution is 5.30. The van der Waals surface area contributed by atoms with Crippen LogP contribution in [0.4, 0.5) is 19.1 Å². The number of hydrogen-bond donors (Lipinski definition) is 1. The summed E-state index contributed by atoms with van der Waals surface area (Å²) in [7, 11) is 1.60. The molecule has 0 aromatic carbocycles. The zero-order valence-electron chi connectivity index (χ0n) is 10.8. The molecule has 0 unspecified atom stereocenters. The molecule has 108 valence electrons. The highest BCUT2D eigenvalue weighted by Gasteiger charge is 2.33. The Labute approximate surface area is 112 Å². The second-order valence-corrected chi connectivity index (χ2v) is 4.29. The lowest BCUT2D eigenvalue weighted by atomic mass is 10.1. The molecular formula is C10H12F3N7. The van der Waals surface area contributed by atoms with Crippen molar-refractivity contribution in [3.63, 3.8) is 0 Å². The standard InChI is InChI=1S/C10H12F3N7/c1-6(8-16-18-19-17-8)5-20(2)9-14-4-3-7(15-9)10(11,12)13/h3-4,6H,5H2,1-2H3,(H,16,17,18,19)/t6-/m1/s1. The highest BCUT2D eigenvalue weighted by atomic mass is 19.4. The number of H-pyrrole nitrogens is 1. The molecule has 2 aromatic rings. The minimum Gasteiger partial charge on any atom is -0.343 e. The van der Waals surface area contributed by atoms with Crippen LogP contribution in [-0.2, 0) is 6.18 Å². The lowest BCUT2D eigenvalue weighted by Crippen LogP contribution is -2.26. The quantitative estimate of drug-likeness (QED) is 0.911. The van der Waals surface area contributed by atoms with E-state index in [-0.39, 0.29) is 11.9 Å². The molecule has 0 saturated carbocycles. The monoisotopic (exact) mass is 287 g/mol. The topological polar surface area (TPSA) is 83.5 Å². The summed E-state index contributed by atoms with van der Waals surface area (Å²) in [4.78, 5) is 8.85. The lowest BCUT2D eigenvalue weighted by Gasteiger charge is -2.20. The molecule has 10 heteroatoms. The van der Waals surface area contributed by atoms with Crippen LogP contribution >= 0.6 is 0 Å². The van der Waals surface area contributed by atoms with E-state index < -0.39 is 11.9 Å². The Morgan fingerprint density at radius 1 is 1.40 bits per heavy atom. The summed E-state index contributed by atoms with van der Waals surface area (Å²) < 4.78 is 37.7. The van der Waals surface area contributed by atoms with Crippen LogP contribution in [0, 0.1) is 0 Å². The summed E-state index contributed by atoms with van der Waals surface area (Å²) in [6.45, 7) is 2.19. The number of anilines is 1. The van der Waals surface area contributed by atoms with Crippen molar-refractivity contribution in [1.82, 2.24) is 30.6 Å². The molecule has 0 aliphatic heterocycles. The number of aromatic amines is 1. The Morgan fingerprint density at radius 2 is 2.15 bits per heavy atom. The average molecular weight is 287 g/mol. The van der Waals surface area contributed by atoms with Crippen molar-refractivity contribution in [2.45, 2.75) is 19.0 Å². The normalized spacial score (nSPS) is 13.2. The van der Waals surface area contributed by atoms with Gasteiger partial charge >= 0.3 is 6.18 Å². The number of rotatable bonds is 4. The Hall–Kier alpha value is -2.26. The van der Waals surface area contributed by atoms with Gasteiger partial charge in [-0.05, 0) is 6.07 Å². The van der Waals surface area contributed by atoms with Crippen LogP contribution in [0.5, 0.6) is 0 Å². The van der Waals surface area contributed by atoms with Crippen molar-refractivity contribution in [3.05, 3.63) is 23.8 Å². The summed E-state index contributed by atoms with van der Waals surface area (Å²) in [6, 6.07) is 0.833. The first-order valence-electron chi connectivity index (χ1n) is 5.72. The van der Waals surface area contributed by atoms with Crippen molar-refractivity contribution in [3.8, 4) is 0 Å². The summed E-state index contributed by atoms with van der Waals surface area (Å²) >= 11 is 0. The first kappa shape index (κ1) is 14.2. The van der Waals surface area contributed by atoms with E-state index in [9.17, 15) is 13.2 Å². The number of aromatic nitrogens is 6. The van der Waals surface area contributed by atoms with Crippen molar-refractivity contribution in [1.29, 1.82) is 0 Å². The van der Waals surface area contributed by atoms with Gasteiger partial charge in [-0.1, -0.05) is 12.1 Å². The van der Waals surface area contributed by atoms with Crippen molar-refractivity contribution < 1.29 is 13.2 Å². The Balaban J connectivity index is 2.11. The third-order valence-electron chi connectivity index (χ3n) is 2.62. The maximum atomic E-state index is 12.6. The second-order valence-electron chi connectivity index (χ2n) is 4.29. The van der Waals surface area contributed by atoms with E-state index in [1.807, 2.05) is 6.92 Å². The summed E-state index contributed by atoms with van der Waals surface area (Å²) in [6.07, 6.45) is -3.40. The predicted molar refractivity (Wildman–Crippen MR) is 62.9 cm³/mol. The molecule has 0 spiro atoms. The molecule has 0 aliphatic rings. The maximum absolute atomic E-state index is 12.6. The van der Waals surface area contributed by atoms with E-state index >= 15 is 0 Å². The average Bonchev–Trinajstić information content (AvgIpc) is 2.91. The van der Waals surface area contributed by atoms with Crippen LogP contribution < -0.4 is 4.90 Å². The molecular weight excluding hydrogens is 275 g/mol. The fourth-order valence-electron chi connectivity index (χ4n) is 1.64. The van der Waals surface area contributed by atoms with Crippen LogP contribution in [0.1, 0.15) is 24.4 Å². The number of nitrogens with zero attached hydrogens (tertiary/aromatic N) is 6. The third kappa shape index (κ3) is 3.19. The number of tetrazole rings is 1. The number of hydrogen-bond acceptors (Lipinski definition) is 6. The first-order chi connectivity index (χ1) is 9.38. The zero-order valence-corrected chi connectivity index (χ0v) is 10.8. The second kappa shape index (κ2) is 5.39. The van der Waals surface area contributed by atoms with Gasteiger partial charge < -0.3 is 4.90 Å². The van der Waals surface area contributed by atoms with E-state index in [0.717, 1.165) is 12.3 Å². The molecule has 7 nitrogen and oxygen atoms in total. The minimum absolute atomic E-state index is 0.00447. The van der Waals surface area contributed by atoms with Crippen LogP contribution in [0.15, 0.2) is 12.3 Å². The van der Waals surface area contributed by atoms with Gasteiger partial charge in [-0.2, -0.15) is 18.4 Å². The Morgan fingerprint density at radius 3 is 2.75 bits per heavy atom. The molecule has 2 heterocycles. The van der Waals surface area contributed by atoms with Gasteiger partial charge in [0.2, 0.25) is 5.95 Å². The van der Waals surface area contributed by atoms with E-state index in [0.29, 0.717) is 12.4 Å². The molecule has 1 atom stereocenters. The maximum Gasteiger partial charge on any atom is 0.433 e. The summed E-state index contributed by atoms with van der Waals surface area (Å²) in [5.41, 5.74) is -0.971. The van der Waals surface area contributed by atoms with Gasteiger partial charge in [-0.25, -0.2) is 9.97 Å². The molecule has 0 radical (unpaired) electrons. The first-order valence-corrected chi connectivity index (χ1v) is 5.72. The Bertz CT molecular complexity index is 554. The van der Waals surface area contributed by atoms with E-state index in [1.165, 1.54) is 4.90 Å². The lowest BCUT2D eigenvalue weighted by molar-refractivity contribution is -0.141. The fourth-order valence-corrected chi connectivity index (χ4v) is 1.64. The molecule has 0 amide bonds. The molecule has 0 fully saturated rings. The van der Waals surface area contributed by atoms with Crippen molar-refractivity contribution in [2.24, 2.45) is 0 Å². The predicted octanol–water partition coefficient (Wildman–Crippen LogP) is 1.25. The van der Waals surface area contributed by atoms with E-state index in [2.05, 4.69) is 30.6 Å². The smallest absolute Gasteiger partial charge is 0.343 e. The number of alkyl halides is 3. The highest BCUT2D eigenvalue weighted by Crippen LogP contribution is 2.28. The largest absolute Gasteiger partial charge is 0.433 e. The number of likely N-dealkylation sites (N-methyl/N-ethyl adjacent to an activating group) is 1. The molecule has 0 aliphatic carbocycles. The summed E-state index contributed by atoms with van der Waals surface area (Å²) in [5, 5.41) is 13.4. The SMILES string of the molecule is C[C@H](CN(C)c1nccc(C(F)(F)F)n1)c1nn[nH]n1. The van der Waals surface area contributed by atoms with Gasteiger partial charge in [0, 0.05) is 25.7 Å². The van der Waals surface area contributed by atoms with E-state index in [4.69, 9.17) is 0 Å². The van der Waals surface area contributed by atoms with E-state index in [1.54, 1.807) is 7.05 Å². The zero-order chi connectivity index (χ0) is 14.8. The fraction of sp³-hybridized carbons (Fsp3) is 0.500. The van der Waals surface area contributed by atoms with Gasteiger partial charge in [0.1, 0.15) is 5.69 Å². The Kier molecular flexibility index (Phi) is 3.81. The number of nitrogens with one attached hydrogen (secondary N) is 1. The minimum atomic E-state index is -4.49. The van der Waals surface area contributed by atoms with Crippen molar-refractivity contribution >= 4 is 5.95 Å². The van der Waals surface area contributed by atoms with Crippen molar-refractivity contribution in [2.75, 3.05) is 18.5 Å². The molecule has 0 bridgehead atoms.